The topological polar surface area (TPSA) is 44.8 Å². The molecule has 0 aromatic rings. The monoisotopic (exact) mass is 400 g/mol. The van der Waals surface area contributed by atoms with Crippen molar-refractivity contribution in [3.05, 3.63) is 12.7 Å². The van der Waals surface area contributed by atoms with Crippen molar-refractivity contribution in [2.75, 3.05) is 14.2 Å². The predicted octanol–water partition coefficient (Wildman–Crippen LogP) is 6.54. The van der Waals surface area contributed by atoms with E-state index < -0.39 is 8.56 Å². The lowest BCUT2D eigenvalue weighted by atomic mass is 10.0. The summed E-state index contributed by atoms with van der Waals surface area (Å²) in [5.74, 6) is -0.313. The third kappa shape index (κ3) is 14.1. The van der Waals surface area contributed by atoms with E-state index in [9.17, 15) is 4.79 Å². The van der Waals surface area contributed by atoms with Gasteiger partial charge in [-0.15, -0.1) is 0 Å². The minimum atomic E-state index is -1.86. The first-order valence-electron chi connectivity index (χ1n) is 11.0. The molecule has 0 fully saturated rings. The molecule has 0 aliphatic heterocycles. The molecule has 0 aliphatic rings. The van der Waals surface area contributed by atoms with Gasteiger partial charge in [0.25, 0.3) is 0 Å². The Kier molecular flexibility index (Phi) is 17.0. The van der Waals surface area contributed by atoms with Crippen molar-refractivity contribution in [1.29, 1.82) is 0 Å². The normalized spacial score (nSPS) is 12.7. The minimum Gasteiger partial charge on any atom is -0.460 e. The molecule has 0 aromatic heterocycles. The van der Waals surface area contributed by atoms with Crippen molar-refractivity contribution in [1.82, 2.24) is 0 Å². The number of carbonyl (C=O) groups is 1. The van der Waals surface area contributed by atoms with Gasteiger partial charge in [-0.25, -0.2) is 4.79 Å². The fraction of sp³-hybridized carbons (Fsp3) is 0.864. The van der Waals surface area contributed by atoms with E-state index in [1.54, 1.807) is 14.2 Å². The van der Waals surface area contributed by atoms with Crippen LogP contribution in [-0.4, -0.2) is 34.9 Å². The van der Waals surface area contributed by atoms with E-state index in [1.165, 1.54) is 70.3 Å². The van der Waals surface area contributed by atoms with Crippen LogP contribution in [0.5, 0.6) is 0 Å². The van der Waals surface area contributed by atoms with Crippen LogP contribution in [0.3, 0.4) is 0 Å². The van der Waals surface area contributed by atoms with Gasteiger partial charge in [0.2, 0.25) is 0 Å². The standard InChI is InChI=1S/C22H44O4Si/c1-6-22(23)26-21(3)19-17-15-13-11-9-8-10-12-14-16-18-20-27(7-2,24-4)25-5/h6,21H,1,7-20H2,2-5H3. The summed E-state index contributed by atoms with van der Waals surface area (Å²) >= 11 is 0. The molecule has 0 aliphatic carbocycles. The molecule has 0 bridgehead atoms. The van der Waals surface area contributed by atoms with E-state index >= 15 is 0 Å². The number of hydrogen-bond donors (Lipinski definition) is 0. The van der Waals surface area contributed by atoms with Crippen LogP contribution >= 0.6 is 0 Å². The van der Waals surface area contributed by atoms with Gasteiger partial charge < -0.3 is 13.6 Å². The molecule has 1 atom stereocenters. The van der Waals surface area contributed by atoms with Crippen LogP contribution in [0.2, 0.25) is 12.1 Å². The maximum atomic E-state index is 11.1. The van der Waals surface area contributed by atoms with Crippen molar-refractivity contribution < 1.29 is 18.4 Å². The summed E-state index contributed by atoms with van der Waals surface area (Å²) in [6.45, 7) is 7.55. The van der Waals surface area contributed by atoms with Crippen molar-refractivity contribution in [3.8, 4) is 0 Å². The number of unbranched alkanes of at least 4 members (excludes halogenated alkanes) is 10. The zero-order chi connectivity index (χ0) is 20.4. The van der Waals surface area contributed by atoms with Gasteiger partial charge in [0.1, 0.15) is 0 Å². The largest absolute Gasteiger partial charge is 0.460 e. The summed E-state index contributed by atoms with van der Waals surface area (Å²) in [4.78, 5) is 11.1. The highest BCUT2D eigenvalue weighted by Crippen LogP contribution is 2.21. The lowest BCUT2D eigenvalue weighted by molar-refractivity contribution is -0.142. The third-order valence-electron chi connectivity index (χ3n) is 5.44. The maximum absolute atomic E-state index is 11.1. The first-order valence-corrected chi connectivity index (χ1v) is 13.2. The lowest BCUT2D eigenvalue weighted by Gasteiger charge is -2.25. The molecule has 4 nitrogen and oxygen atoms in total. The van der Waals surface area contributed by atoms with Gasteiger partial charge >= 0.3 is 14.5 Å². The molecule has 0 spiro atoms. The Hall–Kier alpha value is -0.653. The van der Waals surface area contributed by atoms with Gasteiger partial charge in [0, 0.05) is 20.3 Å². The van der Waals surface area contributed by atoms with Crippen molar-refractivity contribution >= 4 is 14.5 Å². The molecular weight excluding hydrogens is 356 g/mol. The van der Waals surface area contributed by atoms with Crippen molar-refractivity contribution in [2.24, 2.45) is 0 Å². The Balaban J connectivity index is 3.36. The van der Waals surface area contributed by atoms with Crippen LogP contribution in [0.25, 0.3) is 0 Å². The predicted molar refractivity (Wildman–Crippen MR) is 116 cm³/mol. The van der Waals surface area contributed by atoms with Gasteiger partial charge in [-0.2, -0.15) is 0 Å². The molecular formula is C22H44O4Si. The molecule has 0 radical (unpaired) electrons. The number of ether oxygens (including phenoxy) is 1. The Labute approximate surface area is 169 Å². The van der Waals surface area contributed by atoms with Crippen LogP contribution in [0.4, 0.5) is 0 Å². The Morgan fingerprint density at radius 2 is 1.33 bits per heavy atom. The van der Waals surface area contributed by atoms with Crippen molar-refractivity contribution in [2.45, 2.75) is 109 Å². The van der Waals surface area contributed by atoms with E-state index in [-0.39, 0.29) is 12.1 Å². The summed E-state index contributed by atoms with van der Waals surface area (Å²) < 4.78 is 16.5. The van der Waals surface area contributed by atoms with Gasteiger partial charge in [0.15, 0.2) is 0 Å². The fourth-order valence-electron chi connectivity index (χ4n) is 3.48. The quantitative estimate of drug-likeness (QED) is 0.107. The zero-order valence-corrected chi connectivity index (χ0v) is 19.4. The summed E-state index contributed by atoms with van der Waals surface area (Å²) in [5, 5.41) is 0. The third-order valence-corrected chi connectivity index (χ3v) is 9.12. The highest BCUT2D eigenvalue weighted by Gasteiger charge is 2.32. The average Bonchev–Trinajstić information content (AvgIpc) is 2.68. The van der Waals surface area contributed by atoms with Gasteiger partial charge in [-0.1, -0.05) is 77.7 Å². The smallest absolute Gasteiger partial charge is 0.337 e. The molecule has 160 valence electrons. The number of carbonyl (C=O) groups excluding carboxylic acids is 1. The van der Waals surface area contributed by atoms with E-state index in [2.05, 4.69) is 13.5 Å². The van der Waals surface area contributed by atoms with Gasteiger partial charge in [-0.05, 0) is 31.9 Å². The summed E-state index contributed by atoms with van der Waals surface area (Å²) in [6, 6.07) is 2.17. The lowest BCUT2D eigenvalue weighted by Crippen LogP contribution is -2.38. The molecule has 0 saturated heterocycles. The molecule has 27 heavy (non-hydrogen) atoms. The second-order valence-corrected chi connectivity index (χ2v) is 11.4. The SMILES string of the molecule is C=CC(=O)OC(C)CCCCCCCCCCCCC[Si](CC)(OC)OC. The summed E-state index contributed by atoms with van der Waals surface area (Å²) in [6.07, 6.45) is 16.5. The number of hydrogen-bond acceptors (Lipinski definition) is 4. The van der Waals surface area contributed by atoms with Crippen LogP contribution in [0.1, 0.15) is 90.9 Å². The fourth-order valence-corrected chi connectivity index (χ4v) is 5.77. The summed E-state index contributed by atoms with van der Waals surface area (Å²) in [5.41, 5.74) is 0. The molecule has 0 rings (SSSR count). The average molecular weight is 401 g/mol. The molecule has 0 amide bonds. The van der Waals surface area contributed by atoms with Crippen LogP contribution in [-0.2, 0) is 18.4 Å². The summed E-state index contributed by atoms with van der Waals surface area (Å²) in [7, 11) is 1.74. The van der Waals surface area contributed by atoms with E-state index in [0.717, 1.165) is 24.9 Å². The number of esters is 1. The molecule has 0 heterocycles. The van der Waals surface area contributed by atoms with Crippen LogP contribution in [0, 0.1) is 0 Å². The Bertz CT molecular complexity index is 361. The Morgan fingerprint density at radius 3 is 1.74 bits per heavy atom. The highest BCUT2D eigenvalue weighted by molar-refractivity contribution is 6.67. The highest BCUT2D eigenvalue weighted by atomic mass is 28.4. The maximum Gasteiger partial charge on any atom is 0.337 e. The van der Waals surface area contributed by atoms with E-state index in [4.69, 9.17) is 13.6 Å². The first-order chi connectivity index (χ1) is 13.0. The molecule has 0 saturated carbocycles. The van der Waals surface area contributed by atoms with E-state index in [1.807, 2.05) is 6.92 Å². The van der Waals surface area contributed by atoms with Crippen LogP contribution in [0.15, 0.2) is 12.7 Å². The molecule has 1 unspecified atom stereocenters. The minimum absolute atomic E-state index is 0.00780. The molecule has 5 heteroatoms. The van der Waals surface area contributed by atoms with Crippen molar-refractivity contribution in [3.63, 3.8) is 0 Å². The number of rotatable bonds is 19. The first kappa shape index (κ1) is 26.3. The van der Waals surface area contributed by atoms with Gasteiger partial charge in [0.05, 0.1) is 6.10 Å². The molecule has 0 aromatic carbocycles. The zero-order valence-electron chi connectivity index (χ0n) is 18.4. The van der Waals surface area contributed by atoms with Crippen LogP contribution < -0.4 is 0 Å². The second kappa shape index (κ2) is 17.4. The Morgan fingerprint density at radius 1 is 0.889 bits per heavy atom. The van der Waals surface area contributed by atoms with E-state index in [0.29, 0.717) is 0 Å². The second-order valence-electron chi connectivity index (χ2n) is 7.55. The van der Waals surface area contributed by atoms with Gasteiger partial charge in [-0.3, -0.25) is 0 Å². The molecule has 0 N–H and O–H groups in total.